The van der Waals surface area contributed by atoms with Crippen LogP contribution in [-0.4, -0.2) is 57.1 Å². The Labute approximate surface area is 322 Å². The quantitative estimate of drug-likeness (QED) is 0.179. The van der Waals surface area contributed by atoms with Gasteiger partial charge in [0.25, 0.3) is 0 Å². The van der Waals surface area contributed by atoms with E-state index in [1.165, 1.54) is 6.07 Å². The lowest BCUT2D eigenvalue weighted by Gasteiger charge is -2.40. The molecule has 4 saturated heterocycles. The molecule has 0 spiro atoms. The van der Waals surface area contributed by atoms with E-state index in [0.29, 0.717) is 64.0 Å². The highest BCUT2D eigenvalue weighted by molar-refractivity contribution is 6.43. The number of anilines is 1. The summed E-state index contributed by atoms with van der Waals surface area (Å²) in [6.45, 7) is 5.76. The van der Waals surface area contributed by atoms with Gasteiger partial charge in [-0.05, 0) is 87.8 Å². The van der Waals surface area contributed by atoms with Gasteiger partial charge in [0.05, 0.1) is 39.8 Å². The topological polar surface area (TPSA) is 90.1 Å². The molecule has 6 fully saturated rings. The molecule has 1 amide bonds. The lowest BCUT2D eigenvalue weighted by molar-refractivity contribution is -0.135. The molecule has 6 atom stereocenters. The molecule has 1 N–H and O–H groups in total. The molecule has 6 unspecified atom stereocenters. The highest BCUT2D eigenvalue weighted by Gasteiger charge is 2.55. The van der Waals surface area contributed by atoms with E-state index >= 15 is 8.78 Å². The summed E-state index contributed by atoms with van der Waals surface area (Å²) in [4.78, 5) is 28.1. The van der Waals surface area contributed by atoms with Crippen molar-refractivity contribution < 1.29 is 13.6 Å². The number of nitrogens with one attached hydrogen (secondary N) is 1. The molecule has 6 aliphatic rings. The zero-order valence-electron chi connectivity index (χ0n) is 30.1. The third-order valence-electron chi connectivity index (χ3n) is 12.8. The van der Waals surface area contributed by atoms with Gasteiger partial charge in [0, 0.05) is 82.9 Å². The molecular weight excluding hydrogens is 727 g/mol. The van der Waals surface area contributed by atoms with Crippen molar-refractivity contribution in [3.63, 3.8) is 0 Å². The van der Waals surface area contributed by atoms with E-state index in [0.717, 1.165) is 54.5 Å². The number of pyridine rings is 2. The Balaban J connectivity index is 1.21. The molecule has 8 nitrogen and oxygen atoms in total. The van der Waals surface area contributed by atoms with E-state index in [-0.39, 0.29) is 64.7 Å². The number of nitrogens with zero attached hydrogens (tertiary/aromatic N) is 6. The normalized spacial score (nSPS) is 25.8. The maximum atomic E-state index is 17.3. The molecule has 5 aromatic rings. The van der Waals surface area contributed by atoms with Crippen LogP contribution in [-0.2, 0) is 11.2 Å². The number of aryl methyl sites for hydroxylation is 3. The SMILES string of the molecule is Cc1ccc(F)c(N2CC3CC(C2)N(C(=O)C2CC2)C3c2cc3c(C)nc4c(F)c(-c5cccc(Cl)c5Cl)c(CCC#N)cc4c3n2C2C3CNC2C3)n1. The number of fused-ring (bicyclic) bond motifs is 6. The Kier molecular flexibility index (Phi) is 8.00. The first-order valence-corrected chi connectivity index (χ1v) is 19.8. The minimum atomic E-state index is -0.496. The molecule has 54 heavy (non-hydrogen) atoms. The molecule has 11 rings (SSSR count). The van der Waals surface area contributed by atoms with Crippen molar-refractivity contribution in [1.29, 1.82) is 5.26 Å². The van der Waals surface area contributed by atoms with Crippen LogP contribution in [0.3, 0.4) is 0 Å². The Morgan fingerprint density at radius 3 is 2.61 bits per heavy atom. The van der Waals surface area contributed by atoms with Crippen molar-refractivity contribution in [2.75, 3.05) is 24.5 Å². The summed E-state index contributed by atoms with van der Waals surface area (Å²) in [5.74, 6) is 0.0804. The average Bonchev–Trinajstić information content (AvgIpc) is 3.43. The van der Waals surface area contributed by atoms with Crippen LogP contribution in [0.25, 0.3) is 32.9 Å². The first kappa shape index (κ1) is 34.2. The van der Waals surface area contributed by atoms with Crippen molar-refractivity contribution in [3.8, 4) is 17.2 Å². The fourth-order valence-corrected chi connectivity index (χ4v) is 10.6. The third-order valence-corrected chi connectivity index (χ3v) is 13.6. The minimum absolute atomic E-state index is 0.00580. The Hall–Kier alpha value is -4.30. The van der Waals surface area contributed by atoms with Crippen LogP contribution >= 0.6 is 23.2 Å². The fraction of sp³-hybridized carbons (Fsp3) is 0.429. The molecule has 7 heterocycles. The lowest BCUT2D eigenvalue weighted by Crippen LogP contribution is -2.45. The summed E-state index contributed by atoms with van der Waals surface area (Å²) in [6.07, 6.45) is 4.15. The standard InChI is InChI=1S/C42H39Cl2F2N7O/c1-20-8-11-31(45)41(49-20)51-18-25-13-26(19-51)52(42(54)22-9-10-22)39(25)33-16-28-21(2)50-37-29(40(28)53(33)38-24-15-32(38)48-17-24)14-23(5-4-12-47)34(36(37)46)27-6-3-7-30(43)35(27)44/h3,6-8,11,14,16,22,24-26,32,38-39,48H,4-5,9-10,13,15,17-19H2,1-2H3. The molecule has 4 aliphatic heterocycles. The molecule has 2 aliphatic carbocycles. The van der Waals surface area contributed by atoms with Crippen molar-refractivity contribution in [1.82, 2.24) is 24.8 Å². The summed E-state index contributed by atoms with van der Waals surface area (Å²) in [7, 11) is 0. The van der Waals surface area contributed by atoms with Gasteiger partial charge in [0.1, 0.15) is 5.52 Å². The molecular formula is C42H39Cl2F2N7O. The van der Waals surface area contributed by atoms with E-state index in [1.807, 2.05) is 24.8 Å². The summed E-state index contributed by atoms with van der Waals surface area (Å²) in [6, 6.07) is 14.8. The smallest absolute Gasteiger partial charge is 0.226 e. The van der Waals surface area contributed by atoms with E-state index in [9.17, 15) is 10.1 Å². The van der Waals surface area contributed by atoms with Crippen molar-refractivity contribution in [3.05, 3.63) is 86.8 Å². The second-order valence-corrected chi connectivity index (χ2v) is 16.8. The Bertz CT molecular complexity index is 2440. The number of amides is 1. The number of rotatable bonds is 7. The predicted octanol–water partition coefficient (Wildman–Crippen LogP) is 8.63. The average molecular weight is 767 g/mol. The number of hydrogen-bond acceptors (Lipinski definition) is 6. The van der Waals surface area contributed by atoms with Crippen LogP contribution in [0.1, 0.15) is 66.8 Å². The largest absolute Gasteiger partial charge is 0.352 e. The predicted molar refractivity (Wildman–Crippen MR) is 206 cm³/mol. The van der Waals surface area contributed by atoms with Crippen LogP contribution in [0.4, 0.5) is 14.6 Å². The number of hydrogen-bond donors (Lipinski definition) is 1. The van der Waals surface area contributed by atoms with Gasteiger partial charge in [-0.2, -0.15) is 5.26 Å². The van der Waals surface area contributed by atoms with Gasteiger partial charge in [-0.1, -0.05) is 35.3 Å². The number of likely N-dealkylation sites (tertiary alicyclic amines) is 1. The molecule has 2 aromatic carbocycles. The third kappa shape index (κ3) is 5.11. The first-order chi connectivity index (χ1) is 26.1. The first-order valence-electron chi connectivity index (χ1n) is 19.0. The maximum absolute atomic E-state index is 17.3. The van der Waals surface area contributed by atoms with Gasteiger partial charge in [-0.3, -0.25) is 4.79 Å². The molecule has 0 radical (unpaired) electrons. The lowest BCUT2D eigenvalue weighted by atomic mass is 9.79. The van der Waals surface area contributed by atoms with Gasteiger partial charge in [-0.15, -0.1) is 0 Å². The van der Waals surface area contributed by atoms with Gasteiger partial charge in [0.2, 0.25) is 5.91 Å². The second-order valence-electron chi connectivity index (χ2n) is 16.1. The van der Waals surface area contributed by atoms with E-state index in [1.54, 1.807) is 24.3 Å². The molecule has 3 aromatic heterocycles. The van der Waals surface area contributed by atoms with E-state index < -0.39 is 5.82 Å². The van der Waals surface area contributed by atoms with Gasteiger partial charge in [0.15, 0.2) is 17.5 Å². The van der Waals surface area contributed by atoms with Crippen molar-refractivity contribution in [2.24, 2.45) is 17.8 Å². The zero-order chi connectivity index (χ0) is 37.2. The van der Waals surface area contributed by atoms with Crippen LogP contribution < -0.4 is 10.2 Å². The Morgan fingerprint density at radius 1 is 1.04 bits per heavy atom. The van der Waals surface area contributed by atoms with Gasteiger partial charge >= 0.3 is 0 Å². The van der Waals surface area contributed by atoms with Gasteiger partial charge in [-0.25, -0.2) is 18.7 Å². The van der Waals surface area contributed by atoms with Crippen LogP contribution in [0.15, 0.2) is 42.5 Å². The maximum Gasteiger partial charge on any atom is 0.226 e. The van der Waals surface area contributed by atoms with Gasteiger partial charge < -0.3 is 19.7 Å². The second kappa shape index (κ2) is 12.6. The number of aromatic nitrogens is 3. The van der Waals surface area contributed by atoms with Crippen LogP contribution in [0.5, 0.6) is 0 Å². The number of carbonyl (C=O) groups excluding carboxylic acids is 1. The molecule has 12 heteroatoms. The highest BCUT2D eigenvalue weighted by Crippen LogP contribution is 2.54. The monoisotopic (exact) mass is 765 g/mol. The van der Waals surface area contributed by atoms with Crippen LogP contribution in [0.2, 0.25) is 10.0 Å². The van der Waals surface area contributed by atoms with Crippen LogP contribution in [0, 0.1) is 54.6 Å². The fourth-order valence-electron chi connectivity index (χ4n) is 10.2. The van der Waals surface area contributed by atoms with Crippen molar-refractivity contribution in [2.45, 2.75) is 76.5 Å². The van der Waals surface area contributed by atoms with E-state index in [4.69, 9.17) is 28.2 Å². The summed E-state index contributed by atoms with van der Waals surface area (Å²) < 4.78 is 35.1. The van der Waals surface area contributed by atoms with E-state index in [2.05, 4.69) is 31.9 Å². The Morgan fingerprint density at radius 2 is 1.87 bits per heavy atom. The molecule has 276 valence electrons. The zero-order valence-corrected chi connectivity index (χ0v) is 31.6. The molecule has 2 saturated carbocycles. The number of halogens is 4. The summed E-state index contributed by atoms with van der Waals surface area (Å²) in [5.41, 5.74) is 5.04. The number of nitriles is 1. The number of carbonyl (C=O) groups is 1. The highest BCUT2D eigenvalue weighted by atomic mass is 35.5. The number of piperidine rings is 1. The number of benzene rings is 2. The molecule has 4 bridgehead atoms. The van der Waals surface area contributed by atoms with Crippen molar-refractivity contribution >= 4 is 56.7 Å². The minimum Gasteiger partial charge on any atom is -0.352 e. The summed E-state index contributed by atoms with van der Waals surface area (Å²) in [5, 5.41) is 15.5. The summed E-state index contributed by atoms with van der Waals surface area (Å²) >= 11 is 13.2.